The summed E-state index contributed by atoms with van der Waals surface area (Å²) < 4.78 is 5.74. The maximum Gasteiger partial charge on any atom is 0.420 e. The van der Waals surface area contributed by atoms with E-state index in [2.05, 4.69) is 22.9 Å². The maximum atomic E-state index is 13.2. The Balaban J connectivity index is 2.07. The number of anilines is 2. The van der Waals surface area contributed by atoms with Crippen LogP contribution < -0.4 is 4.90 Å². The second-order valence-corrected chi connectivity index (χ2v) is 8.21. The van der Waals surface area contributed by atoms with Crippen LogP contribution in [0.4, 0.5) is 16.3 Å². The fraction of sp³-hybridized carbons (Fsp3) is 0.478. The molecule has 1 aliphatic rings. The molecule has 1 aromatic carbocycles. The van der Waals surface area contributed by atoms with Gasteiger partial charge in [-0.15, -0.1) is 0 Å². The minimum absolute atomic E-state index is 0.260. The number of rotatable bonds is 4. The number of nitrogens with zero attached hydrogens (tertiary/aromatic N) is 3. The number of carbonyl (C=O) groups excluding carboxylic acids is 1. The Labute approximate surface area is 168 Å². The molecule has 150 valence electrons. The van der Waals surface area contributed by atoms with Crippen LogP contribution in [-0.2, 0) is 4.74 Å². The first-order valence-corrected chi connectivity index (χ1v) is 10.2. The van der Waals surface area contributed by atoms with Crippen molar-refractivity contribution < 1.29 is 9.53 Å². The fourth-order valence-corrected chi connectivity index (χ4v) is 3.78. The number of aromatic nitrogens is 1. The molecular formula is C23H31N3O2. The van der Waals surface area contributed by atoms with E-state index < -0.39 is 11.7 Å². The molecule has 1 aliphatic heterocycles. The maximum absolute atomic E-state index is 13.2. The van der Waals surface area contributed by atoms with Crippen LogP contribution in [-0.4, -0.2) is 34.7 Å². The lowest BCUT2D eigenvalue weighted by molar-refractivity contribution is 0.0597. The van der Waals surface area contributed by atoms with Gasteiger partial charge in [0.2, 0.25) is 0 Å². The van der Waals surface area contributed by atoms with Crippen LogP contribution in [0.15, 0.2) is 48.7 Å². The minimum Gasteiger partial charge on any atom is -0.443 e. The topological polar surface area (TPSA) is 45.7 Å². The van der Waals surface area contributed by atoms with Gasteiger partial charge in [0.05, 0.1) is 5.69 Å². The average molecular weight is 382 g/mol. The van der Waals surface area contributed by atoms with Crippen LogP contribution in [0.5, 0.6) is 0 Å². The summed E-state index contributed by atoms with van der Waals surface area (Å²) in [7, 11) is 0. The average Bonchev–Trinajstić information content (AvgIpc) is 2.68. The number of pyridine rings is 1. The summed E-state index contributed by atoms with van der Waals surface area (Å²) in [5.74, 6) is 0.660. The van der Waals surface area contributed by atoms with Gasteiger partial charge in [-0.1, -0.05) is 37.6 Å². The number of piperidine rings is 1. The van der Waals surface area contributed by atoms with E-state index >= 15 is 0 Å². The molecule has 0 unspecified atom stereocenters. The van der Waals surface area contributed by atoms with Gasteiger partial charge in [0.15, 0.2) is 0 Å². The predicted molar refractivity (Wildman–Crippen MR) is 113 cm³/mol. The lowest BCUT2D eigenvalue weighted by Gasteiger charge is -2.37. The molecule has 1 atom stereocenters. The van der Waals surface area contributed by atoms with Crippen LogP contribution in [0, 0.1) is 0 Å². The standard InChI is InChI=1S/C23H31N3O2/c1-5-25-17-10-9-15-20(25)19-14-11-16-24-21(19)26(18-12-7-6-8-13-18)22(27)28-23(2,3)4/h6-8,11-14,16,20H,5,9-10,15,17H2,1-4H3/t20-/m0/s1. The minimum atomic E-state index is -0.584. The number of amides is 1. The lowest BCUT2D eigenvalue weighted by Crippen LogP contribution is -2.37. The molecule has 28 heavy (non-hydrogen) atoms. The number of likely N-dealkylation sites (tertiary alicyclic amines) is 1. The predicted octanol–water partition coefficient (Wildman–Crippen LogP) is 5.70. The molecule has 1 aromatic heterocycles. The highest BCUT2D eigenvalue weighted by molar-refractivity contribution is 5.96. The third kappa shape index (κ3) is 4.71. The van der Waals surface area contributed by atoms with Crippen molar-refractivity contribution in [3.8, 4) is 0 Å². The van der Waals surface area contributed by atoms with Crippen molar-refractivity contribution in [2.75, 3.05) is 18.0 Å². The first-order valence-electron chi connectivity index (χ1n) is 10.2. The van der Waals surface area contributed by atoms with E-state index in [1.165, 1.54) is 12.8 Å². The van der Waals surface area contributed by atoms with E-state index in [9.17, 15) is 4.79 Å². The summed E-state index contributed by atoms with van der Waals surface area (Å²) in [5.41, 5.74) is 1.26. The summed E-state index contributed by atoms with van der Waals surface area (Å²) in [6.45, 7) is 9.90. The smallest absolute Gasteiger partial charge is 0.420 e. The van der Waals surface area contributed by atoms with Crippen molar-refractivity contribution in [2.24, 2.45) is 0 Å². The van der Waals surface area contributed by atoms with E-state index in [1.807, 2.05) is 57.2 Å². The Hall–Kier alpha value is -2.40. The molecule has 0 radical (unpaired) electrons. The highest BCUT2D eigenvalue weighted by atomic mass is 16.6. The Kier molecular flexibility index (Phi) is 6.35. The highest BCUT2D eigenvalue weighted by Gasteiger charge is 2.31. The van der Waals surface area contributed by atoms with Gasteiger partial charge in [0.1, 0.15) is 11.4 Å². The second-order valence-electron chi connectivity index (χ2n) is 8.21. The summed E-state index contributed by atoms with van der Waals surface area (Å²) in [6, 6.07) is 13.9. The Bertz CT molecular complexity index is 786. The van der Waals surface area contributed by atoms with Crippen molar-refractivity contribution in [1.29, 1.82) is 0 Å². The SMILES string of the molecule is CCN1CCCC[C@H]1c1cccnc1N(C(=O)OC(C)(C)C)c1ccccc1. The van der Waals surface area contributed by atoms with E-state index in [1.54, 1.807) is 11.1 Å². The van der Waals surface area contributed by atoms with Gasteiger partial charge in [-0.25, -0.2) is 14.7 Å². The van der Waals surface area contributed by atoms with Crippen molar-refractivity contribution in [1.82, 2.24) is 9.88 Å². The Morgan fingerprint density at radius 2 is 1.93 bits per heavy atom. The van der Waals surface area contributed by atoms with Crippen molar-refractivity contribution >= 4 is 17.6 Å². The molecule has 3 rings (SSSR count). The number of para-hydroxylation sites is 1. The van der Waals surface area contributed by atoms with E-state index in [-0.39, 0.29) is 6.04 Å². The Morgan fingerprint density at radius 3 is 2.61 bits per heavy atom. The molecule has 2 aromatic rings. The number of hydrogen-bond acceptors (Lipinski definition) is 4. The van der Waals surface area contributed by atoms with Gasteiger partial charge < -0.3 is 4.74 Å². The zero-order valence-corrected chi connectivity index (χ0v) is 17.4. The molecule has 0 saturated carbocycles. The number of ether oxygens (including phenoxy) is 1. The molecule has 0 aliphatic carbocycles. The molecule has 5 nitrogen and oxygen atoms in total. The molecule has 1 amide bonds. The largest absolute Gasteiger partial charge is 0.443 e. The summed E-state index contributed by atoms with van der Waals surface area (Å²) >= 11 is 0. The summed E-state index contributed by atoms with van der Waals surface area (Å²) in [4.78, 5) is 21.9. The summed E-state index contributed by atoms with van der Waals surface area (Å²) in [6.07, 6.45) is 4.82. The molecule has 0 bridgehead atoms. The van der Waals surface area contributed by atoms with Crippen molar-refractivity contribution in [3.05, 3.63) is 54.2 Å². The van der Waals surface area contributed by atoms with E-state index in [4.69, 9.17) is 4.74 Å². The molecule has 1 saturated heterocycles. The molecular weight excluding hydrogens is 350 g/mol. The van der Waals surface area contributed by atoms with Crippen molar-refractivity contribution in [2.45, 2.75) is 58.6 Å². The van der Waals surface area contributed by atoms with Gasteiger partial charge in [-0.3, -0.25) is 4.90 Å². The van der Waals surface area contributed by atoms with Gasteiger partial charge in [0, 0.05) is 17.8 Å². The normalized spacial score (nSPS) is 17.9. The molecule has 2 heterocycles. The van der Waals surface area contributed by atoms with Crippen LogP contribution >= 0.6 is 0 Å². The molecule has 0 spiro atoms. The quantitative estimate of drug-likeness (QED) is 0.681. The Morgan fingerprint density at radius 1 is 1.18 bits per heavy atom. The van der Waals surface area contributed by atoms with Crippen molar-refractivity contribution in [3.63, 3.8) is 0 Å². The second kappa shape index (κ2) is 8.74. The zero-order valence-electron chi connectivity index (χ0n) is 17.4. The summed E-state index contributed by atoms with van der Waals surface area (Å²) in [5, 5.41) is 0. The zero-order chi connectivity index (χ0) is 20.1. The van der Waals surface area contributed by atoms with Crippen LogP contribution in [0.3, 0.4) is 0 Å². The monoisotopic (exact) mass is 381 g/mol. The number of carbonyl (C=O) groups is 1. The third-order valence-electron chi connectivity index (χ3n) is 5.00. The van der Waals surface area contributed by atoms with Gasteiger partial charge in [-0.2, -0.15) is 0 Å². The highest BCUT2D eigenvalue weighted by Crippen LogP contribution is 2.38. The molecule has 1 fully saturated rings. The third-order valence-corrected chi connectivity index (χ3v) is 5.00. The van der Waals surface area contributed by atoms with Crippen LogP contribution in [0.25, 0.3) is 0 Å². The molecule has 5 heteroatoms. The van der Waals surface area contributed by atoms with Crippen LogP contribution in [0.2, 0.25) is 0 Å². The fourth-order valence-electron chi connectivity index (χ4n) is 3.78. The first-order chi connectivity index (χ1) is 13.4. The van der Waals surface area contributed by atoms with Gasteiger partial charge in [0.25, 0.3) is 0 Å². The number of benzene rings is 1. The van der Waals surface area contributed by atoms with Gasteiger partial charge in [-0.05, 0) is 64.9 Å². The first kappa shape index (κ1) is 20.3. The van der Waals surface area contributed by atoms with Gasteiger partial charge >= 0.3 is 6.09 Å². The lowest BCUT2D eigenvalue weighted by atomic mass is 9.95. The molecule has 0 N–H and O–H groups in total. The number of hydrogen-bond donors (Lipinski definition) is 0. The van der Waals surface area contributed by atoms with E-state index in [0.29, 0.717) is 5.82 Å². The van der Waals surface area contributed by atoms with Crippen LogP contribution in [0.1, 0.15) is 58.6 Å². The van der Waals surface area contributed by atoms with E-state index in [0.717, 1.165) is 30.8 Å².